The van der Waals surface area contributed by atoms with Crippen molar-refractivity contribution in [3.63, 3.8) is 0 Å². The molecule has 0 bridgehead atoms. The van der Waals surface area contributed by atoms with E-state index in [4.69, 9.17) is 4.42 Å². The predicted octanol–water partition coefficient (Wildman–Crippen LogP) is 2.30. The first-order chi connectivity index (χ1) is 8.28. The summed E-state index contributed by atoms with van der Waals surface area (Å²) >= 11 is 0. The largest absolute Gasteiger partial charge is 0.407 e. The third kappa shape index (κ3) is 5.49. The summed E-state index contributed by atoms with van der Waals surface area (Å²) in [6.07, 6.45) is 0. The van der Waals surface area contributed by atoms with E-state index in [1.807, 2.05) is 11.9 Å². The van der Waals surface area contributed by atoms with Gasteiger partial charge in [-0.25, -0.2) is 0 Å². The van der Waals surface area contributed by atoms with Gasteiger partial charge in [0.1, 0.15) is 0 Å². The molecule has 0 saturated carbocycles. The topological polar surface area (TPSA) is 54.2 Å². The highest BCUT2D eigenvalue weighted by Gasteiger charge is 2.17. The normalized spacial score (nSPS) is 12.2. The van der Waals surface area contributed by atoms with Gasteiger partial charge in [-0.2, -0.15) is 0 Å². The first kappa shape index (κ1) is 15.0. The van der Waals surface area contributed by atoms with Crippen molar-refractivity contribution in [2.75, 3.05) is 25.0 Å². The van der Waals surface area contributed by atoms with Gasteiger partial charge in [-0.3, -0.25) is 0 Å². The Hall–Kier alpha value is -1.10. The van der Waals surface area contributed by atoms with E-state index in [0.29, 0.717) is 24.4 Å². The number of nitrogens with one attached hydrogen (secondary N) is 1. The molecule has 5 heteroatoms. The van der Waals surface area contributed by atoms with Crippen LogP contribution in [0.4, 0.5) is 6.01 Å². The van der Waals surface area contributed by atoms with Gasteiger partial charge in [0.2, 0.25) is 5.89 Å². The van der Waals surface area contributed by atoms with Crippen molar-refractivity contribution in [3.05, 3.63) is 5.89 Å². The van der Waals surface area contributed by atoms with Gasteiger partial charge in [0.05, 0.1) is 6.54 Å². The van der Waals surface area contributed by atoms with Gasteiger partial charge in [-0.05, 0) is 17.9 Å². The molecule has 0 atom stereocenters. The fourth-order valence-electron chi connectivity index (χ4n) is 1.72. The third-order valence-electron chi connectivity index (χ3n) is 2.32. The molecule has 18 heavy (non-hydrogen) atoms. The molecule has 0 aliphatic carbocycles. The van der Waals surface area contributed by atoms with E-state index in [-0.39, 0.29) is 5.41 Å². The van der Waals surface area contributed by atoms with Crippen LogP contribution in [-0.2, 0) is 6.54 Å². The van der Waals surface area contributed by atoms with Crippen LogP contribution in [-0.4, -0.2) is 30.3 Å². The van der Waals surface area contributed by atoms with Crippen molar-refractivity contribution >= 4 is 6.01 Å². The van der Waals surface area contributed by atoms with Crippen LogP contribution >= 0.6 is 0 Å². The molecule has 1 rings (SSSR count). The van der Waals surface area contributed by atoms with Crippen LogP contribution in [0, 0.1) is 11.3 Å². The van der Waals surface area contributed by atoms with Crippen LogP contribution in [0.2, 0.25) is 0 Å². The lowest BCUT2D eigenvalue weighted by Gasteiger charge is -2.24. The van der Waals surface area contributed by atoms with Crippen molar-refractivity contribution in [2.24, 2.45) is 11.3 Å². The molecule has 0 radical (unpaired) electrons. The van der Waals surface area contributed by atoms with E-state index in [9.17, 15) is 0 Å². The maximum absolute atomic E-state index is 5.61. The first-order valence-corrected chi connectivity index (χ1v) is 6.52. The predicted molar refractivity (Wildman–Crippen MR) is 73.6 cm³/mol. The van der Waals surface area contributed by atoms with Crippen molar-refractivity contribution < 1.29 is 4.42 Å². The number of anilines is 1. The van der Waals surface area contributed by atoms with E-state index in [1.54, 1.807) is 0 Å². The van der Waals surface area contributed by atoms with E-state index in [0.717, 1.165) is 13.1 Å². The maximum Gasteiger partial charge on any atom is 0.317 e. The zero-order chi connectivity index (χ0) is 13.8. The van der Waals surface area contributed by atoms with Gasteiger partial charge in [0, 0.05) is 13.6 Å². The minimum Gasteiger partial charge on any atom is -0.407 e. The van der Waals surface area contributed by atoms with Crippen LogP contribution in [0.25, 0.3) is 0 Å². The Morgan fingerprint density at radius 1 is 1.28 bits per heavy atom. The summed E-state index contributed by atoms with van der Waals surface area (Å²) < 4.78 is 5.61. The number of rotatable bonds is 6. The average molecular weight is 254 g/mol. The zero-order valence-corrected chi connectivity index (χ0v) is 12.4. The van der Waals surface area contributed by atoms with Crippen LogP contribution < -0.4 is 10.2 Å². The lowest BCUT2D eigenvalue weighted by molar-refractivity contribution is 0.395. The summed E-state index contributed by atoms with van der Waals surface area (Å²) in [5, 5.41) is 11.4. The zero-order valence-electron chi connectivity index (χ0n) is 12.4. The molecule has 0 fully saturated rings. The van der Waals surface area contributed by atoms with Crippen molar-refractivity contribution in [2.45, 2.75) is 41.2 Å². The molecule has 0 aliphatic rings. The Bertz CT molecular complexity index is 354. The highest BCUT2D eigenvalue weighted by Crippen LogP contribution is 2.18. The number of aromatic nitrogens is 2. The van der Waals surface area contributed by atoms with Gasteiger partial charge in [-0.15, -0.1) is 5.10 Å². The molecule has 1 aromatic rings. The Balaban J connectivity index is 2.47. The molecule has 1 aromatic heterocycles. The van der Waals surface area contributed by atoms with Crippen molar-refractivity contribution in [3.8, 4) is 0 Å². The summed E-state index contributed by atoms with van der Waals surface area (Å²) in [6.45, 7) is 13.4. The number of hydrogen-bond donors (Lipinski definition) is 1. The molecule has 1 N–H and O–H groups in total. The SMILES string of the molecule is CC(C)CNCc1nnc(N(C)CC(C)(C)C)o1. The monoisotopic (exact) mass is 254 g/mol. The van der Waals surface area contributed by atoms with Gasteiger partial charge in [0.15, 0.2) is 0 Å². The minimum atomic E-state index is 0.208. The molecule has 1 heterocycles. The Kier molecular flexibility index (Phi) is 5.14. The summed E-state index contributed by atoms with van der Waals surface area (Å²) in [6, 6.07) is 0.589. The highest BCUT2D eigenvalue weighted by atomic mass is 16.4. The van der Waals surface area contributed by atoms with Crippen LogP contribution in [0.5, 0.6) is 0 Å². The smallest absolute Gasteiger partial charge is 0.317 e. The highest BCUT2D eigenvalue weighted by molar-refractivity contribution is 5.22. The maximum atomic E-state index is 5.61. The molecule has 0 unspecified atom stereocenters. The minimum absolute atomic E-state index is 0.208. The van der Waals surface area contributed by atoms with Crippen molar-refractivity contribution in [1.82, 2.24) is 15.5 Å². The molecule has 104 valence electrons. The van der Waals surface area contributed by atoms with Crippen LogP contribution in [0.1, 0.15) is 40.5 Å². The summed E-state index contributed by atoms with van der Waals surface area (Å²) in [5.74, 6) is 1.27. The summed E-state index contributed by atoms with van der Waals surface area (Å²) in [5.41, 5.74) is 0.208. The second kappa shape index (κ2) is 6.18. The average Bonchev–Trinajstić information content (AvgIpc) is 2.63. The van der Waals surface area contributed by atoms with Gasteiger partial charge in [-0.1, -0.05) is 39.7 Å². The third-order valence-corrected chi connectivity index (χ3v) is 2.32. The lowest BCUT2D eigenvalue weighted by atomic mass is 9.96. The van der Waals surface area contributed by atoms with E-state index >= 15 is 0 Å². The first-order valence-electron chi connectivity index (χ1n) is 6.52. The van der Waals surface area contributed by atoms with Gasteiger partial charge < -0.3 is 14.6 Å². The number of hydrogen-bond acceptors (Lipinski definition) is 5. The fourth-order valence-corrected chi connectivity index (χ4v) is 1.72. The molecular formula is C13H26N4O. The molecule has 0 saturated heterocycles. The van der Waals surface area contributed by atoms with Gasteiger partial charge >= 0.3 is 6.01 Å². The second-order valence-corrected chi connectivity index (χ2v) is 6.42. The lowest BCUT2D eigenvalue weighted by Crippen LogP contribution is -2.29. The van der Waals surface area contributed by atoms with Crippen LogP contribution in [0.3, 0.4) is 0 Å². The van der Waals surface area contributed by atoms with E-state index < -0.39 is 0 Å². The molecule has 5 nitrogen and oxygen atoms in total. The molecular weight excluding hydrogens is 228 g/mol. The standard InChI is InChI=1S/C13H26N4O/c1-10(2)7-14-8-11-15-16-12(18-11)17(6)9-13(3,4)5/h10,14H,7-9H2,1-6H3. The fraction of sp³-hybridized carbons (Fsp3) is 0.846. The van der Waals surface area contributed by atoms with E-state index in [2.05, 4.69) is 50.1 Å². The Morgan fingerprint density at radius 2 is 1.94 bits per heavy atom. The Labute approximate surface area is 110 Å². The molecule has 0 amide bonds. The second-order valence-electron chi connectivity index (χ2n) is 6.42. The van der Waals surface area contributed by atoms with Gasteiger partial charge in [0.25, 0.3) is 0 Å². The molecule has 0 aliphatic heterocycles. The number of nitrogens with zero attached hydrogens (tertiary/aromatic N) is 3. The van der Waals surface area contributed by atoms with Crippen molar-refractivity contribution in [1.29, 1.82) is 0 Å². The molecule has 0 spiro atoms. The Morgan fingerprint density at radius 3 is 2.50 bits per heavy atom. The summed E-state index contributed by atoms with van der Waals surface area (Å²) in [4.78, 5) is 2.00. The quantitative estimate of drug-likeness (QED) is 0.844. The van der Waals surface area contributed by atoms with Crippen LogP contribution in [0.15, 0.2) is 4.42 Å². The summed E-state index contributed by atoms with van der Waals surface area (Å²) in [7, 11) is 1.98. The molecule has 0 aromatic carbocycles. The van der Waals surface area contributed by atoms with E-state index in [1.165, 1.54) is 0 Å².